The molecule has 204 valence electrons. The molecule has 6 aliphatic rings. The van der Waals surface area contributed by atoms with Crippen LogP contribution in [0.15, 0.2) is 12.1 Å². The number of benzene rings is 1. The monoisotopic (exact) mass is 513 g/mol. The third kappa shape index (κ3) is 4.76. The molecule has 1 aromatic carbocycles. The fraction of sp³-hybridized carbons (Fsp3) is 0.767. The Kier molecular flexibility index (Phi) is 6.91. The highest BCUT2D eigenvalue weighted by Gasteiger charge is 2.50. The van der Waals surface area contributed by atoms with Gasteiger partial charge < -0.3 is 29.0 Å². The number of rotatable bonds is 8. The van der Waals surface area contributed by atoms with E-state index in [1.807, 2.05) is 12.1 Å². The number of methoxy groups -OCH3 is 2. The van der Waals surface area contributed by atoms with Crippen molar-refractivity contribution in [3.05, 3.63) is 23.3 Å². The lowest BCUT2D eigenvalue weighted by molar-refractivity contribution is -0.105. The van der Waals surface area contributed by atoms with Gasteiger partial charge in [-0.25, -0.2) is 0 Å². The number of carbonyl (C=O) groups is 1. The van der Waals surface area contributed by atoms with Gasteiger partial charge in [0.15, 0.2) is 6.79 Å². The van der Waals surface area contributed by atoms with Crippen LogP contribution < -0.4 is 14.8 Å². The first-order chi connectivity index (χ1) is 17.9. The van der Waals surface area contributed by atoms with Crippen LogP contribution in [0.3, 0.4) is 0 Å². The number of amides is 1. The van der Waals surface area contributed by atoms with E-state index in [4.69, 9.17) is 23.7 Å². The molecule has 37 heavy (non-hydrogen) atoms. The van der Waals surface area contributed by atoms with Crippen LogP contribution in [0.4, 0.5) is 0 Å². The minimum absolute atomic E-state index is 0.0176. The van der Waals surface area contributed by atoms with Gasteiger partial charge in [-0.05, 0) is 101 Å². The largest absolute Gasteiger partial charge is 0.487 e. The van der Waals surface area contributed by atoms with E-state index in [-0.39, 0.29) is 30.3 Å². The minimum Gasteiger partial charge on any atom is -0.487 e. The highest BCUT2D eigenvalue weighted by Crippen LogP contribution is 2.56. The van der Waals surface area contributed by atoms with Gasteiger partial charge in [0.1, 0.15) is 23.9 Å². The summed E-state index contributed by atoms with van der Waals surface area (Å²) >= 11 is 0. The molecule has 1 aliphatic heterocycles. The Morgan fingerprint density at radius 3 is 2.35 bits per heavy atom. The molecular weight excluding hydrogens is 470 g/mol. The second-order valence-corrected chi connectivity index (χ2v) is 12.8. The fourth-order valence-electron chi connectivity index (χ4n) is 8.78. The fourth-order valence-corrected chi connectivity index (χ4v) is 8.78. The Bertz CT molecular complexity index is 980. The molecule has 5 aliphatic carbocycles. The van der Waals surface area contributed by atoms with Crippen molar-refractivity contribution < 1.29 is 28.5 Å². The second kappa shape index (κ2) is 10.0. The predicted octanol–water partition coefficient (Wildman–Crippen LogP) is 5.27. The molecule has 3 atom stereocenters. The van der Waals surface area contributed by atoms with Gasteiger partial charge in [-0.3, -0.25) is 4.79 Å². The lowest BCUT2D eigenvalue weighted by Crippen LogP contribution is -2.55. The van der Waals surface area contributed by atoms with Gasteiger partial charge in [-0.2, -0.15) is 0 Å². The van der Waals surface area contributed by atoms with Crippen LogP contribution in [0.25, 0.3) is 0 Å². The van der Waals surface area contributed by atoms with Crippen molar-refractivity contribution in [1.82, 2.24) is 5.32 Å². The SMILES string of the molecule is COCOc1cc(C(=O)NC2C3CC4CC(C3)CC2C4)cc2c1[C@@H]1C[C@H](OCOC)CC[C@H]1C(C)(C)O2. The molecule has 0 saturated heterocycles. The zero-order chi connectivity index (χ0) is 25.7. The van der Waals surface area contributed by atoms with E-state index in [1.54, 1.807) is 14.2 Å². The van der Waals surface area contributed by atoms with Crippen molar-refractivity contribution in [3.8, 4) is 11.5 Å². The van der Waals surface area contributed by atoms with Crippen molar-refractivity contribution in [2.24, 2.45) is 29.6 Å². The van der Waals surface area contributed by atoms with Crippen LogP contribution in [0.5, 0.6) is 11.5 Å². The summed E-state index contributed by atoms with van der Waals surface area (Å²) in [5, 5.41) is 3.46. The van der Waals surface area contributed by atoms with Crippen molar-refractivity contribution in [2.45, 2.75) is 88.9 Å². The number of fused-ring (bicyclic) bond motifs is 3. The van der Waals surface area contributed by atoms with Crippen LogP contribution in [-0.4, -0.2) is 51.5 Å². The number of hydrogen-bond donors (Lipinski definition) is 1. The van der Waals surface area contributed by atoms with Crippen LogP contribution in [0, 0.1) is 29.6 Å². The summed E-state index contributed by atoms with van der Waals surface area (Å²) < 4.78 is 29.2. The number of ether oxygens (including phenoxy) is 5. The first kappa shape index (κ1) is 25.4. The molecule has 1 N–H and O–H groups in total. The third-order valence-corrected chi connectivity index (χ3v) is 10.1. The molecule has 5 fully saturated rings. The Morgan fingerprint density at radius 1 is 0.973 bits per heavy atom. The van der Waals surface area contributed by atoms with Gasteiger partial charge in [0.25, 0.3) is 5.91 Å². The second-order valence-electron chi connectivity index (χ2n) is 12.8. The lowest BCUT2D eigenvalue weighted by atomic mass is 9.54. The predicted molar refractivity (Wildman–Crippen MR) is 139 cm³/mol. The average Bonchev–Trinajstić information content (AvgIpc) is 2.86. The molecule has 7 rings (SSSR count). The topological polar surface area (TPSA) is 75.3 Å². The summed E-state index contributed by atoms with van der Waals surface area (Å²) in [6.07, 6.45) is 9.48. The van der Waals surface area contributed by atoms with E-state index < -0.39 is 0 Å². The van der Waals surface area contributed by atoms with Gasteiger partial charge in [-0.15, -0.1) is 0 Å². The molecule has 7 nitrogen and oxygen atoms in total. The zero-order valence-corrected chi connectivity index (χ0v) is 22.8. The Labute approximate surface area is 220 Å². The van der Waals surface area contributed by atoms with E-state index in [2.05, 4.69) is 19.2 Å². The molecule has 0 aromatic heterocycles. The normalized spacial score (nSPS) is 36.9. The van der Waals surface area contributed by atoms with E-state index >= 15 is 0 Å². The maximum atomic E-state index is 13.7. The smallest absolute Gasteiger partial charge is 0.251 e. The zero-order valence-electron chi connectivity index (χ0n) is 22.8. The summed E-state index contributed by atoms with van der Waals surface area (Å²) in [6, 6.07) is 4.14. The van der Waals surface area contributed by atoms with Crippen molar-refractivity contribution in [2.75, 3.05) is 27.8 Å². The summed E-state index contributed by atoms with van der Waals surface area (Å²) in [7, 11) is 3.28. The van der Waals surface area contributed by atoms with E-state index in [1.165, 1.54) is 32.1 Å². The van der Waals surface area contributed by atoms with E-state index in [9.17, 15) is 4.79 Å². The molecule has 1 amide bonds. The molecule has 5 saturated carbocycles. The Hall–Kier alpha value is -1.83. The van der Waals surface area contributed by atoms with Gasteiger partial charge in [0, 0.05) is 43.2 Å². The standard InChI is InChI=1S/C30H43NO6/c1-30(2)24-6-5-22(35-15-33-3)14-23(24)27-25(36-16-34-4)12-21(13-26(27)37-30)29(32)31-28-19-8-17-7-18(10-19)11-20(28)9-17/h12-13,17-20,22-24,28H,5-11,14-16H2,1-4H3,(H,31,32)/t17?,18?,19?,20?,22-,23-,24-,28?/m1/s1. The molecule has 4 bridgehead atoms. The number of nitrogens with one attached hydrogen (secondary N) is 1. The van der Waals surface area contributed by atoms with Crippen molar-refractivity contribution in [3.63, 3.8) is 0 Å². The molecule has 1 aromatic rings. The van der Waals surface area contributed by atoms with Crippen LogP contribution in [-0.2, 0) is 14.2 Å². The first-order valence-corrected chi connectivity index (χ1v) is 14.3. The minimum atomic E-state index is -0.348. The summed E-state index contributed by atoms with van der Waals surface area (Å²) in [5.41, 5.74) is 1.30. The maximum Gasteiger partial charge on any atom is 0.251 e. The van der Waals surface area contributed by atoms with Gasteiger partial charge >= 0.3 is 0 Å². The summed E-state index contributed by atoms with van der Waals surface area (Å²) in [6.45, 7) is 4.75. The highest BCUT2D eigenvalue weighted by molar-refractivity contribution is 5.95. The van der Waals surface area contributed by atoms with Gasteiger partial charge in [0.05, 0.1) is 6.10 Å². The molecule has 7 heteroatoms. The van der Waals surface area contributed by atoms with Crippen molar-refractivity contribution >= 4 is 5.91 Å². The first-order valence-electron chi connectivity index (χ1n) is 14.3. The summed E-state index contributed by atoms with van der Waals surface area (Å²) in [4.78, 5) is 13.7. The van der Waals surface area contributed by atoms with E-state index in [0.717, 1.165) is 42.4 Å². The van der Waals surface area contributed by atoms with Crippen molar-refractivity contribution in [1.29, 1.82) is 0 Å². The molecule has 1 heterocycles. The van der Waals surface area contributed by atoms with Gasteiger partial charge in [0.2, 0.25) is 0 Å². The molecule has 0 spiro atoms. The van der Waals surface area contributed by atoms with Crippen LogP contribution in [0.2, 0.25) is 0 Å². The van der Waals surface area contributed by atoms with Crippen LogP contribution >= 0.6 is 0 Å². The maximum absolute atomic E-state index is 13.7. The third-order valence-electron chi connectivity index (χ3n) is 10.1. The number of carbonyl (C=O) groups excluding carboxylic acids is 1. The lowest BCUT2D eigenvalue weighted by Gasteiger charge is -2.54. The highest BCUT2D eigenvalue weighted by atomic mass is 16.7. The number of hydrogen-bond acceptors (Lipinski definition) is 6. The molecule has 0 radical (unpaired) electrons. The quantitative estimate of drug-likeness (QED) is 0.478. The molecular formula is C30H43NO6. The van der Waals surface area contributed by atoms with Gasteiger partial charge in [-0.1, -0.05) is 0 Å². The average molecular weight is 514 g/mol. The van der Waals surface area contributed by atoms with Crippen LogP contribution in [0.1, 0.15) is 87.1 Å². The molecule has 0 unspecified atom stereocenters. The summed E-state index contributed by atoms with van der Waals surface area (Å²) in [5.74, 6) is 4.98. The Morgan fingerprint density at radius 2 is 1.68 bits per heavy atom. The van der Waals surface area contributed by atoms with E-state index in [0.29, 0.717) is 41.9 Å². The Balaban J connectivity index is 1.29.